The zero-order valence-electron chi connectivity index (χ0n) is 16.7. The Bertz CT molecular complexity index is 937. The molecule has 1 aliphatic rings. The minimum absolute atomic E-state index is 0.283. The zero-order chi connectivity index (χ0) is 20.1. The number of hydrogen-bond acceptors (Lipinski definition) is 6. The first-order valence-electron chi connectivity index (χ1n) is 9.86. The molecule has 7 heteroatoms. The van der Waals surface area contributed by atoms with Crippen molar-refractivity contribution in [3.63, 3.8) is 0 Å². The molecule has 0 radical (unpaired) electrons. The minimum Gasteiger partial charge on any atom is -0.497 e. The van der Waals surface area contributed by atoms with Crippen LogP contribution in [0.15, 0.2) is 53.7 Å². The van der Waals surface area contributed by atoms with E-state index in [0.29, 0.717) is 6.61 Å². The molecule has 1 saturated heterocycles. The van der Waals surface area contributed by atoms with Crippen molar-refractivity contribution in [2.24, 2.45) is 0 Å². The smallest absolute Gasteiger partial charge is 0.196 e. The number of ether oxygens (including phenoxy) is 3. The van der Waals surface area contributed by atoms with E-state index >= 15 is 0 Å². The molecule has 3 aromatic rings. The minimum atomic E-state index is 0.283. The standard InChI is InChI=1S/C22H25N3O3S/c1-3-27-18-11-9-17(10-12-18)25-21(16-6-4-7-19(14-16)26-2)23-24-22(25)29-15-20-8-5-13-28-20/h4,6-7,9-12,14,20H,3,5,8,13,15H2,1-2H3. The quantitative estimate of drug-likeness (QED) is 0.505. The predicted octanol–water partition coefficient (Wildman–Crippen LogP) is 4.61. The molecule has 0 bridgehead atoms. The first-order chi connectivity index (χ1) is 14.3. The van der Waals surface area contributed by atoms with E-state index in [0.717, 1.165) is 58.9 Å². The summed E-state index contributed by atoms with van der Waals surface area (Å²) < 4.78 is 18.8. The van der Waals surface area contributed by atoms with Gasteiger partial charge < -0.3 is 14.2 Å². The van der Waals surface area contributed by atoms with Crippen LogP contribution in [0.2, 0.25) is 0 Å². The fourth-order valence-electron chi connectivity index (χ4n) is 3.35. The van der Waals surface area contributed by atoms with Crippen molar-refractivity contribution in [2.75, 3.05) is 26.1 Å². The number of nitrogens with zero attached hydrogens (tertiary/aromatic N) is 3. The van der Waals surface area contributed by atoms with Gasteiger partial charge in [0.05, 0.1) is 19.8 Å². The molecule has 1 atom stereocenters. The normalized spacial score (nSPS) is 16.1. The topological polar surface area (TPSA) is 58.4 Å². The third-order valence-corrected chi connectivity index (χ3v) is 5.85. The summed E-state index contributed by atoms with van der Waals surface area (Å²) in [5.41, 5.74) is 1.95. The van der Waals surface area contributed by atoms with Crippen molar-refractivity contribution in [2.45, 2.75) is 31.0 Å². The van der Waals surface area contributed by atoms with Gasteiger partial charge in [0.25, 0.3) is 0 Å². The van der Waals surface area contributed by atoms with Gasteiger partial charge in [-0.1, -0.05) is 23.9 Å². The van der Waals surface area contributed by atoms with Crippen LogP contribution in [0.25, 0.3) is 17.1 Å². The third kappa shape index (κ3) is 4.57. The van der Waals surface area contributed by atoms with Crippen LogP contribution in [0.4, 0.5) is 0 Å². The van der Waals surface area contributed by atoms with Crippen molar-refractivity contribution in [3.8, 4) is 28.6 Å². The highest BCUT2D eigenvalue weighted by Gasteiger charge is 2.20. The summed E-state index contributed by atoms with van der Waals surface area (Å²) in [6, 6.07) is 15.9. The summed E-state index contributed by atoms with van der Waals surface area (Å²) >= 11 is 1.68. The molecule has 152 valence electrons. The lowest BCUT2D eigenvalue weighted by molar-refractivity contribution is 0.129. The largest absolute Gasteiger partial charge is 0.497 e. The summed E-state index contributed by atoms with van der Waals surface area (Å²) in [7, 11) is 1.67. The lowest BCUT2D eigenvalue weighted by Crippen LogP contribution is -2.09. The van der Waals surface area contributed by atoms with Crippen LogP contribution in [-0.4, -0.2) is 46.9 Å². The van der Waals surface area contributed by atoms with Crippen LogP contribution in [0.5, 0.6) is 11.5 Å². The van der Waals surface area contributed by atoms with Gasteiger partial charge in [0, 0.05) is 23.6 Å². The Labute approximate surface area is 175 Å². The molecule has 2 aromatic carbocycles. The van der Waals surface area contributed by atoms with Crippen molar-refractivity contribution in [3.05, 3.63) is 48.5 Å². The number of thioether (sulfide) groups is 1. The number of hydrogen-bond donors (Lipinski definition) is 0. The molecule has 0 N–H and O–H groups in total. The molecule has 1 fully saturated rings. The van der Waals surface area contributed by atoms with Crippen molar-refractivity contribution < 1.29 is 14.2 Å². The molecule has 29 heavy (non-hydrogen) atoms. The van der Waals surface area contributed by atoms with Crippen LogP contribution in [0.3, 0.4) is 0 Å². The van der Waals surface area contributed by atoms with E-state index in [1.807, 2.05) is 55.5 Å². The van der Waals surface area contributed by atoms with Gasteiger partial charge in [-0.15, -0.1) is 10.2 Å². The molecule has 2 heterocycles. The van der Waals surface area contributed by atoms with E-state index in [-0.39, 0.29) is 6.10 Å². The van der Waals surface area contributed by atoms with Crippen LogP contribution in [0, 0.1) is 0 Å². The Morgan fingerprint density at radius 3 is 2.72 bits per heavy atom. The fraction of sp³-hybridized carbons (Fsp3) is 0.364. The van der Waals surface area contributed by atoms with Gasteiger partial charge in [-0.3, -0.25) is 4.57 Å². The summed E-state index contributed by atoms with van der Waals surface area (Å²) in [5, 5.41) is 9.85. The lowest BCUT2D eigenvalue weighted by Gasteiger charge is -2.13. The van der Waals surface area contributed by atoms with Gasteiger partial charge in [0.2, 0.25) is 0 Å². The molecule has 1 aromatic heterocycles. The highest BCUT2D eigenvalue weighted by atomic mass is 32.2. The number of rotatable bonds is 8. The molecule has 4 rings (SSSR count). The Kier molecular flexibility index (Phi) is 6.36. The van der Waals surface area contributed by atoms with E-state index in [1.165, 1.54) is 0 Å². The highest BCUT2D eigenvalue weighted by molar-refractivity contribution is 7.99. The van der Waals surface area contributed by atoms with Gasteiger partial charge in [0.1, 0.15) is 11.5 Å². The first kappa shape index (κ1) is 19.8. The average Bonchev–Trinajstić information content (AvgIpc) is 3.43. The van der Waals surface area contributed by atoms with Crippen molar-refractivity contribution in [1.82, 2.24) is 14.8 Å². The van der Waals surface area contributed by atoms with Crippen molar-refractivity contribution in [1.29, 1.82) is 0 Å². The second kappa shape index (κ2) is 9.33. The zero-order valence-corrected chi connectivity index (χ0v) is 17.5. The maximum absolute atomic E-state index is 5.77. The van der Waals surface area contributed by atoms with E-state index in [1.54, 1.807) is 18.9 Å². The molecular weight excluding hydrogens is 386 g/mol. The maximum Gasteiger partial charge on any atom is 0.196 e. The second-order valence-corrected chi connectivity index (χ2v) is 7.73. The molecule has 0 amide bonds. The van der Waals surface area contributed by atoms with Gasteiger partial charge in [0.15, 0.2) is 11.0 Å². The molecule has 1 aliphatic heterocycles. The summed E-state index contributed by atoms with van der Waals surface area (Å²) in [4.78, 5) is 0. The molecule has 0 aliphatic carbocycles. The summed E-state index contributed by atoms with van der Waals surface area (Å²) in [6.07, 6.45) is 2.52. The lowest BCUT2D eigenvalue weighted by atomic mass is 10.2. The van der Waals surface area contributed by atoms with Crippen LogP contribution >= 0.6 is 11.8 Å². The van der Waals surface area contributed by atoms with E-state index in [2.05, 4.69) is 14.8 Å². The monoisotopic (exact) mass is 411 g/mol. The maximum atomic E-state index is 5.77. The first-order valence-corrected chi connectivity index (χ1v) is 10.8. The SMILES string of the molecule is CCOc1ccc(-n2c(SCC3CCCO3)nnc2-c2cccc(OC)c2)cc1. The van der Waals surface area contributed by atoms with Crippen LogP contribution in [0.1, 0.15) is 19.8 Å². The van der Waals surface area contributed by atoms with Crippen LogP contribution in [-0.2, 0) is 4.74 Å². The Balaban J connectivity index is 1.70. The number of benzene rings is 2. The second-order valence-electron chi connectivity index (χ2n) is 6.75. The highest BCUT2D eigenvalue weighted by Crippen LogP contribution is 2.31. The van der Waals surface area contributed by atoms with Gasteiger partial charge in [-0.05, 0) is 56.2 Å². The third-order valence-electron chi connectivity index (χ3n) is 4.79. The summed E-state index contributed by atoms with van der Waals surface area (Å²) in [5.74, 6) is 3.29. The Morgan fingerprint density at radius 1 is 1.14 bits per heavy atom. The summed E-state index contributed by atoms with van der Waals surface area (Å²) in [6.45, 7) is 3.48. The predicted molar refractivity (Wildman–Crippen MR) is 114 cm³/mol. The van der Waals surface area contributed by atoms with Gasteiger partial charge in [-0.25, -0.2) is 0 Å². The number of aromatic nitrogens is 3. The Morgan fingerprint density at radius 2 is 2.00 bits per heavy atom. The van der Waals surface area contributed by atoms with Crippen LogP contribution < -0.4 is 9.47 Å². The van der Waals surface area contributed by atoms with Gasteiger partial charge in [-0.2, -0.15) is 0 Å². The molecule has 0 saturated carbocycles. The fourth-order valence-corrected chi connectivity index (χ4v) is 4.36. The van der Waals surface area contributed by atoms with E-state index < -0.39 is 0 Å². The van der Waals surface area contributed by atoms with Crippen molar-refractivity contribution >= 4 is 11.8 Å². The Hall–Kier alpha value is -2.51. The van der Waals surface area contributed by atoms with Gasteiger partial charge >= 0.3 is 0 Å². The molecule has 6 nitrogen and oxygen atoms in total. The molecule has 0 spiro atoms. The van der Waals surface area contributed by atoms with E-state index in [4.69, 9.17) is 14.2 Å². The average molecular weight is 412 g/mol. The number of methoxy groups -OCH3 is 1. The molecule has 1 unspecified atom stereocenters. The molecular formula is C22H25N3O3S. The van der Waals surface area contributed by atoms with E-state index in [9.17, 15) is 0 Å².